The molecule has 0 radical (unpaired) electrons. The molecule has 1 aliphatic rings. The van der Waals surface area contributed by atoms with E-state index in [2.05, 4.69) is 5.32 Å². The second-order valence-electron chi connectivity index (χ2n) is 3.06. The molecule has 0 aromatic heterocycles. The first-order valence-electron chi connectivity index (χ1n) is 4.29. The lowest BCUT2D eigenvalue weighted by molar-refractivity contribution is -0.115. The van der Waals surface area contributed by atoms with Gasteiger partial charge in [0.15, 0.2) is 0 Å². The molecule has 0 spiro atoms. The topological polar surface area (TPSA) is 49.3 Å². The van der Waals surface area contributed by atoms with Gasteiger partial charge < -0.3 is 10.4 Å². The molecule has 1 aromatic carbocycles. The molecule has 0 aliphatic carbocycles. The Morgan fingerprint density at radius 2 is 2.25 bits per heavy atom. The Morgan fingerprint density at radius 3 is 2.81 bits per heavy atom. The molecular weight excluding hydrogens is 249 g/mol. The van der Waals surface area contributed by atoms with Crippen LogP contribution in [0, 0.1) is 5.82 Å². The van der Waals surface area contributed by atoms with Crippen molar-refractivity contribution in [2.75, 3.05) is 0 Å². The molecule has 2 rings (SSSR count). The summed E-state index contributed by atoms with van der Waals surface area (Å²) in [5.74, 6) is -1.05. The second kappa shape index (κ2) is 4.23. The van der Waals surface area contributed by atoms with Crippen LogP contribution in [-0.2, 0) is 4.79 Å². The van der Waals surface area contributed by atoms with Gasteiger partial charge >= 0.3 is 0 Å². The maximum Gasteiger partial charge on any atom is 0.263 e. The third-order valence-corrected chi connectivity index (χ3v) is 3.08. The van der Waals surface area contributed by atoms with Crippen LogP contribution >= 0.6 is 24.0 Å². The number of thioether (sulfide) groups is 1. The van der Waals surface area contributed by atoms with E-state index in [1.54, 1.807) is 0 Å². The molecule has 82 valence electrons. The minimum atomic E-state index is -0.529. The monoisotopic (exact) mass is 255 g/mol. The molecule has 0 atom stereocenters. The molecule has 1 saturated heterocycles. The fourth-order valence-corrected chi connectivity index (χ4v) is 2.24. The summed E-state index contributed by atoms with van der Waals surface area (Å²) in [5.41, 5.74) is 0.378. The van der Waals surface area contributed by atoms with E-state index in [9.17, 15) is 14.3 Å². The lowest BCUT2D eigenvalue weighted by Crippen LogP contribution is -2.17. The fourth-order valence-electron chi connectivity index (χ4n) is 1.20. The quantitative estimate of drug-likeness (QED) is 0.595. The van der Waals surface area contributed by atoms with E-state index >= 15 is 0 Å². The normalized spacial score (nSPS) is 17.9. The van der Waals surface area contributed by atoms with Crippen LogP contribution in [0.2, 0.25) is 0 Å². The van der Waals surface area contributed by atoms with Gasteiger partial charge in [0.25, 0.3) is 5.91 Å². The summed E-state index contributed by atoms with van der Waals surface area (Å²) in [7, 11) is 0. The number of nitrogens with one attached hydrogen (secondary N) is 1. The van der Waals surface area contributed by atoms with Gasteiger partial charge in [-0.3, -0.25) is 4.79 Å². The van der Waals surface area contributed by atoms with Gasteiger partial charge in [-0.05, 0) is 18.2 Å². The Bertz CT molecular complexity index is 514. The molecule has 0 saturated carbocycles. The van der Waals surface area contributed by atoms with Crippen LogP contribution in [-0.4, -0.2) is 15.3 Å². The van der Waals surface area contributed by atoms with Gasteiger partial charge in [0.05, 0.1) is 4.91 Å². The van der Waals surface area contributed by atoms with E-state index < -0.39 is 5.82 Å². The number of aromatic hydroxyl groups is 1. The predicted molar refractivity (Wildman–Crippen MR) is 64.4 cm³/mol. The van der Waals surface area contributed by atoms with Crippen molar-refractivity contribution in [1.82, 2.24) is 5.32 Å². The summed E-state index contributed by atoms with van der Waals surface area (Å²) in [6, 6.07) is 3.59. The zero-order valence-corrected chi connectivity index (χ0v) is 9.49. The maximum atomic E-state index is 12.7. The number of carbonyl (C=O) groups is 1. The van der Waals surface area contributed by atoms with E-state index in [1.165, 1.54) is 18.2 Å². The second-order valence-corrected chi connectivity index (χ2v) is 4.77. The average molecular weight is 255 g/mol. The number of halogens is 1. The van der Waals surface area contributed by atoms with E-state index in [0.717, 1.165) is 17.8 Å². The van der Waals surface area contributed by atoms with Gasteiger partial charge in [0.1, 0.15) is 15.9 Å². The number of thiocarbonyl (C=S) groups is 1. The Labute approximate surface area is 100 Å². The van der Waals surface area contributed by atoms with Crippen LogP contribution in [0.3, 0.4) is 0 Å². The van der Waals surface area contributed by atoms with E-state index in [-0.39, 0.29) is 11.7 Å². The summed E-state index contributed by atoms with van der Waals surface area (Å²) < 4.78 is 13.1. The molecule has 1 fully saturated rings. The first-order chi connectivity index (χ1) is 7.56. The Balaban J connectivity index is 2.36. The van der Waals surface area contributed by atoms with Gasteiger partial charge in [-0.2, -0.15) is 0 Å². The van der Waals surface area contributed by atoms with Crippen LogP contribution < -0.4 is 5.32 Å². The highest BCUT2D eigenvalue weighted by atomic mass is 32.2. The van der Waals surface area contributed by atoms with Gasteiger partial charge in [-0.15, -0.1) is 0 Å². The third-order valence-electron chi connectivity index (χ3n) is 1.92. The molecule has 0 bridgehead atoms. The maximum absolute atomic E-state index is 12.7. The zero-order valence-electron chi connectivity index (χ0n) is 7.86. The average Bonchev–Trinajstić information content (AvgIpc) is 2.50. The van der Waals surface area contributed by atoms with Gasteiger partial charge in [0, 0.05) is 11.6 Å². The SMILES string of the molecule is O=C1NC(=S)SC1=Cc1ccc(F)cc1O. The Hall–Kier alpha value is -1.40. The fraction of sp³-hybridized carbons (Fsp3) is 0. The van der Waals surface area contributed by atoms with Crippen molar-refractivity contribution in [3.8, 4) is 5.75 Å². The summed E-state index contributed by atoms with van der Waals surface area (Å²) in [6.45, 7) is 0. The van der Waals surface area contributed by atoms with Crippen LogP contribution in [0.5, 0.6) is 5.75 Å². The number of hydrogen-bond acceptors (Lipinski definition) is 4. The highest BCUT2D eigenvalue weighted by Gasteiger charge is 2.22. The summed E-state index contributed by atoms with van der Waals surface area (Å²) in [5, 5.41) is 11.9. The highest BCUT2D eigenvalue weighted by molar-refractivity contribution is 8.26. The van der Waals surface area contributed by atoms with Crippen molar-refractivity contribution in [2.45, 2.75) is 0 Å². The van der Waals surface area contributed by atoms with Crippen molar-refractivity contribution in [2.24, 2.45) is 0 Å². The van der Waals surface area contributed by atoms with Crippen molar-refractivity contribution >= 4 is 40.3 Å². The largest absolute Gasteiger partial charge is 0.507 e. The molecule has 0 unspecified atom stereocenters. The minimum absolute atomic E-state index is 0.210. The minimum Gasteiger partial charge on any atom is -0.507 e. The van der Waals surface area contributed by atoms with Crippen LogP contribution in [0.4, 0.5) is 4.39 Å². The number of phenols is 1. The van der Waals surface area contributed by atoms with E-state index in [0.29, 0.717) is 14.8 Å². The molecular formula is C10H6FNO2S2. The number of rotatable bonds is 1. The molecule has 1 aromatic rings. The van der Waals surface area contributed by atoms with Gasteiger partial charge in [0.2, 0.25) is 0 Å². The Kier molecular flexibility index (Phi) is 2.93. The van der Waals surface area contributed by atoms with Crippen LogP contribution in [0.25, 0.3) is 6.08 Å². The van der Waals surface area contributed by atoms with Crippen molar-refractivity contribution in [3.05, 3.63) is 34.5 Å². The number of amides is 1. The van der Waals surface area contributed by atoms with Gasteiger partial charge in [-0.25, -0.2) is 4.39 Å². The third kappa shape index (κ3) is 2.23. The first-order valence-corrected chi connectivity index (χ1v) is 5.52. The summed E-state index contributed by atoms with van der Waals surface area (Å²) in [6.07, 6.45) is 1.47. The lowest BCUT2D eigenvalue weighted by atomic mass is 10.2. The van der Waals surface area contributed by atoms with Gasteiger partial charge in [-0.1, -0.05) is 24.0 Å². The molecule has 16 heavy (non-hydrogen) atoms. The Morgan fingerprint density at radius 1 is 1.50 bits per heavy atom. The summed E-state index contributed by atoms with van der Waals surface area (Å²) in [4.78, 5) is 11.7. The summed E-state index contributed by atoms with van der Waals surface area (Å²) >= 11 is 5.92. The van der Waals surface area contributed by atoms with Crippen molar-refractivity contribution in [1.29, 1.82) is 0 Å². The molecule has 6 heteroatoms. The smallest absolute Gasteiger partial charge is 0.263 e. The number of phenolic OH excluding ortho intramolecular Hbond substituents is 1. The van der Waals surface area contributed by atoms with Crippen LogP contribution in [0.1, 0.15) is 5.56 Å². The lowest BCUT2D eigenvalue weighted by Gasteiger charge is -1.99. The number of benzene rings is 1. The molecule has 1 aliphatic heterocycles. The molecule has 1 heterocycles. The van der Waals surface area contributed by atoms with E-state index in [4.69, 9.17) is 12.2 Å². The van der Waals surface area contributed by atoms with E-state index in [1.807, 2.05) is 0 Å². The standard InChI is InChI=1S/C10H6FNO2S2/c11-6-2-1-5(7(13)4-6)3-8-9(14)12-10(15)16-8/h1-4,13H,(H,12,14,15). The predicted octanol–water partition coefficient (Wildman–Crippen LogP) is 2.02. The number of hydrogen-bond donors (Lipinski definition) is 2. The van der Waals surface area contributed by atoms with Crippen molar-refractivity contribution < 1.29 is 14.3 Å². The van der Waals surface area contributed by atoms with Crippen molar-refractivity contribution in [3.63, 3.8) is 0 Å². The highest BCUT2D eigenvalue weighted by Crippen LogP contribution is 2.28. The molecule has 2 N–H and O–H groups in total. The number of carbonyl (C=O) groups excluding carboxylic acids is 1. The zero-order chi connectivity index (χ0) is 11.7. The van der Waals surface area contributed by atoms with Crippen LogP contribution in [0.15, 0.2) is 23.1 Å². The first kappa shape index (κ1) is 11.1. The molecule has 1 amide bonds. The molecule has 3 nitrogen and oxygen atoms in total.